The van der Waals surface area contributed by atoms with Gasteiger partial charge < -0.3 is 0 Å². The number of hydrogen-bond acceptors (Lipinski definition) is 2. The van der Waals surface area contributed by atoms with Crippen LogP contribution in [0.5, 0.6) is 0 Å². The average Bonchev–Trinajstić information content (AvgIpc) is 1.64. The van der Waals surface area contributed by atoms with E-state index in [-0.39, 0.29) is 5.92 Å². The van der Waals surface area contributed by atoms with Gasteiger partial charge in [0.05, 0.1) is 6.07 Å². The van der Waals surface area contributed by atoms with Gasteiger partial charge in [-0.2, -0.15) is 5.26 Å². The number of halogens is 1. The van der Waals surface area contributed by atoms with E-state index in [9.17, 15) is 4.79 Å². The van der Waals surface area contributed by atoms with Crippen LogP contribution in [0.2, 0.25) is 0 Å². The van der Waals surface area contributed by atoms with Crippen LogP contribution in [0.1, 0.15) is 13.8 Å². The predicted octanol–water partition coefficient (Wildman–Crippen LogP) is 1.55. The van der Waals surface area contributed by atoms with E-state index in [0.717, 1.165) is 0 Å². The van der Waals surface area contributed by atoms with Crippen molar-refractivity contribution in [3.8, 4) is 6.07 Å². The molecule has 0 aromatic rings. The van der Waals surface area contributed by atoms with Crippen LogP contribution in [0, 0.1) is 23.2 Å². The molecule has 1 atom stereocenters. The zero-order chi connectivity index (χ0) is 7.44. The van der Waals surface area contributed by atoms with Crippen molar-refractivity contribution < 1.29 is 4.79 Å². The van der Waals surface area contributed by atoms with E-state index in [4.69, 9.17) is 16.9 Å². The standard InChI is InChI=1S/C6H8ClNO/c1-4(2)5(3-8)6(7)9/h4-5H,1-2H3. The van der Waals surface area contributed by atoms with Gasteiger partial charge in [-0.15, -0.1) is 0 Å². The highest BCUT2D eigenvalue weighted by molar-refractivity contribution is 6.64. The van der Waals surface area contributed by atoms with Gasteiger partial charge in [0.25, 0.3) is 0 Å². The van der Waals surface area contributed by atoms with Gasteiger partial charge in [0.2, 0.25) is 5.24 Å². The molecule has 0 aromatic carbocycles. The summed E-state index contributed by atoms with van der Waals surface area (Å²) in [5, 5.41) is 7.75. The van der Waals surface area contributed by atoms with Crippen LogP contribution in [-0.2, 0) is 4.79 Å². The van der Waals surface area contributed by atoms with Crippen molar-refractivity contribution in [3.63, 3.8) is 0 Å². The third-order valence-corrected chi connectivity index (χ3v) is 1.29. The van der Waals surface area contributed by atoms with Gasteiger partial charge in [0.1, 0.15) is 5.92 Å². The van der Waals surface area contributed by atoms with Crippen LogP contribution in [-0.4, -0.2) is 5.24 Å². The SMILES string of the molecule is CC(C)C(C#N)C(=O)Cl. The number of nitrogens with zero attached hydrogens (tertiary/aromatic N) is 1. The molecule has 9 heavy (non-hydrogen) atoms. The summed E-state index contributed by atoms with van der Waals surface area (Å²) in [6, 6.07) is 1.82. The summed E-state index contributed by atoms with van der Waals surface area (Å²) in [4.78, 5) is 10.4. The maximum Gasteiger partial charge on any atom is 0.239 e. The summed E-state index contributed by atoms with van der Waals surface area (Å²) < 4.78 is 0. The number of carbonyl (C=O) groups excluding carboxylic acids is 1. The number of nitriles is 1. The normalized spacial score (nSPS) is 12.8. The van der Waals surface area contributed by atoms with E-state index in [2.05, 4.69) is 0 Å². The van der Waals surface area contributed by atoms with Crippen LogP contribution in [0.3, 0.4) is 0 Å². The van der Waals surface area contributed by atoms with Crippen LogP contribution in [0.4, 0.5) is 0 Å². The molecule has 0 radical (unpaired) electrons. The van der Waals surface area contributed by atoms with Crippen molar-refractivity contribution in [3.05, 3.63) is 0 Å². The van der Waals surface area contributed by atoms with Crippen LogP contribution >= 0.6 is 11.6 Å². The minimum atomic E-state index is -0.647. The summed E-state index contributed by atoms with van der Waals surface area (Å²) in [7, 11) is 0. The Kier molecular flexibility index (Phi) is 3.26. The summed E-state index contributed by atoms with van der Waals surface area (Å²) in [6.07, 6.45) is 0. The fourth-order valence-electron chi connectivity index (χ4n) is 0.462. The third-order valence-electron chi connectivity index (χ3n) is 1.05. The topological polar surface area (TPSA) is 40.9 Å². The first-order chi connectivity index (χ1) is 4.09. The van der Waals surface area contributed by atoms with E-state index in [1.165, 1.54) is 0 Å². The molecule has 0 saturated heterocycles. The largest absolute Gasteiger partial charge is 0.280 e. The summed E-state index contributed by atoms with van der Waals surface area (Å²) >= 11 is 5.08. The maximum absolute atomic E-state index is 10.4. The number of carbonyl (C=O) groups is 1. The van der Waals surface area contributed by atoms with E-state index in [1.54, 1.807) is 13.8 Å². The van der Waals surface area contributed by atoms with E-state index >= 15 is 0 Å². The van der Waals surface area contributed by atoms with E-state index in [0.29, 0.717) is 0 Å². The Balaban J connectivity index is 4.04. The first-order valence-electron chi connectivity index (χ1n) is 2.68. The molecule has 0 aliphatic carbocycles. The predicted molar refractivity (Wildman–Crippen MR) is 34.8 cm³/mol. The lowest BCUT2D eigenvalue weighted by Crippen LogP contribution is -2.12. The fraction of sp³-hybridized carbons (Fsp3) is 0.667. The molecule has 0 bridgehead atoms. The molecule has 0 aromatic heterocycles. The van der Waals surface area contributed by atoms with Gasteiger partial charge in [-0.25, -0.2) is 0 Å². The van der Waals surface area contributed by atoms with Crippen molar-refractivity contribution in [2.24, 2.45) is 11.8 Å². The Morgan fingerprint density at radius 2 is 2.11 bits per heavy atom. The van der Waals surface area contributed by atoms with Crippen molar-refractivity contribution in [2.45, 2.75) is 13.8 Å². The van der Waals surface area contributed by atoms with Gasteiger partial charge in [0.15, 0.2) is 0 Å². The minimum absolute atomic E-state index is 0.0139. The van der Waals surface area contributed by atoms with Gasteiger partial charge in [-0.3, -0.25) is 4.79 Å². The van der Waals surface area contributed by atoms with Crippen molar-refractivity contribution in [1.29, 1.82) is 5.26 Å². The average molecular weight is 146 g/mol. The second kappa shape index (κ2) is 3.47. The molecule has 0 N–H and O–H groups in total. The first kappa shape index (κ1) is 8.45. The molecule has 1 unspecified atom stereocenters. The minimum Gasteiger partial charge on any atom is -0.280 e. The molecular formula is C6H8ClNO. The second-order valence-corrected chi connectivity index (χ2v) is 2.53. The molecule has 0 aliphatic heterocycles. The Hall–Kier alpha value is -0.550. The molecule has 0 spiro atoms. The zero-order valence-electron chi connectivity index (χ0n) is 5.39. The molecule has 2 nitrogen and oxygen atoms in total. The zero-order valence-corrected chi connectivity index (χ0v) is 6.14. The monoisotopic (exact) mass is 145 g/mol. The number of hydrogen-bond donors (Lipinski definition) is 0. The molecule has 0 heterocycles. The van der Waals surface area contributed by atoms with E-state index in [1.807, 2.05) is 6.07 Å². The molecule has 0 fully saturated rings. The molecule has 50 valence electrons. The van der Waals surface area contributed by atoms with E-state index < -0.39 is 11.2 Å². The summed E-state index contributed by atoms with van der Waals surface area (Å²) in [6.45, 7) is 3.57. The Morgan fingerprint density at radius 3 is 2.11 bits per heavy atom. The van der Waals surface area contributed by atoms with Gasteiger partial charge in [-0.05, 0) is 17.5 Å². The fourth-order valence-corrected chi connectivity index (χ4v) is 0.763. The quantitative estimate of drug-likeness (QED) is 0.554. The summed E-state index contributed by atoms with van der Waals surface area (Å²) in [5.41, 5.74) is 0. The highest BCUT2D eigenvalue weighted by Gasteiger charge is 2.18. The highest BCUT2D eigenvalue weighted by Crippen LogP contribution is 2.11. The van der Waals surface area contributed by atoms with Crippen LogP contribution < -0.4 is 0 Å². The van der Waals surface area contributed by atoms with Gasteiger partial charge in [-0.1, -0.05) is 13.8 Å². The number of rotatable bonds is 2. The van der Waals surface area contributed by atoms with Crippen LogP contribution in [0.15, 0.2) is 0 Å². The molecule has 3 heteroatoms. The first-order valence-corrected chi connectivity index (χ1v) is 3.06. The lowest BCUT2D eigenvalue weighted by Gasteiger charge is -2.04. The Labute approximate surface area is 59.4 Å². The Bertz CT molecular complexity index is 148. The van der Waals surface area contributed by atoms with Crippen molar-refractivity contribution >= 4 is 16.8 Å². The summed E-state index contributed by atoms with van der Waals surface area (Å²) in [5.74, 6) is -0.633. The lowest BCUT2D eigenvalue weighted by atomic mass is 9.99. The van der Waals surface area contributed by atoms with Gasteiger partial charge in [0, 0.05) is 0 Å². The van der Waals surface area contributed by atoms with Crippen LogP contribution in [0.25, 0.3) is 0 Å². The highest BCUT2D eigenvalue weighted by atomic mass is 35.5. The molecule has 0 aliphatic rings. The van der Waals surface area contributed by atoms with Crippen molar-refractivity contribution in [2.75, 3.05) is 0 Å². The Morgan fingerprint density at radius 1 is 1.67 bits per heavy atom. The maximum atomic E-state index is 10.4. The lowest BCUT2D eigenvalue weighted by molar-refractivity contribution is -0.114. The molecule has 0 amide bonds. The molecule has 0 rings (SSSR count). The second-order valence-electron chi connectivity index (χ2n) is 2.15. The smallest absolute Gasteiger partial charge is 0.239 e. The van der Waals surface area contributed by atoms with Gasteiger partial charge >= 0.3 is 0 Å². The van der Waals surface area contributed by atoms with Crippen molar-refractivity contribution in [1.82, 2.24) is 0 Å². The molecule has 0 saturated carbocycles. The molecular weight excluding hydrogens is 138 g/mol. The third kappa shape index (κ3) is 2.48.